The van der Waals surface area contributed by atoms with Crippen LogP contribution in [0.4, 0.5) is 15.5 Å². The normalized spacial score (nSPS) is 14.9. The summed E-state index contributed by atoms with van der Waals surface area (Å²) in [6.07, 6.45) is 0. The predicted molar refractivity (Wildman–Crippen MR) is 73.0 cm³/mol. The molecule has 0 bridgehead atoms. The van der Waals surface area contributed by atoms with Gasteiger partial charge in [0.25, 0.3) is 5.24 Å². The Labute approximate surface area is 121 Å². The SMILES string of the molecule is O=C(NCCN1C(=O)CSC1=O)Nc1ccc(Br)o1. The molecule has 1 fully saturated rings. The van der Waals surface area contributed by atoms with Gasteiger partial charge in [0, 0.05) is 19.2 Å². The van der Waals surface area contributed by atoms with E-state index in [4.69, 9.17) is 4.42 Å². The van der Waals surface area contributed by atoms with Gasteiger partial charge >= 0.3 is 6.03 Å². The number of thioether (sulfide) groups is 1. The number of hydrogen-bond acceptors (Lipinski definition) is 5. The van der Waals surface area contributed by atoms with Crippen molar-refractivity contribution in [1.82, 2.24) is 10.2 Å². The number of nitrogens with zero attached hydrogens (tertiary/aromatic N) is 1. The monoisotopic (exact) mass is 347 g/mol. The molecule has 7 nitrogen and oxygen atoms in total. The van der Waals surface area contributed by atoms with Gasteiger partial charge in [-0.05, 0) is 22.0 Å². The highest BCUT2D eigenvalue weighted by atomic mass is 79.9. The third-order valence-corrected chi connectivity index (χ3v) is 3.56. The molecule has 9 heteroatoms. The molecule has 1 aliphatic rings. The van der Waals surface area contributed by atoms with Crippen LogP contribution in [-0.4, -0.2) is 40.9 Å². The molecule has 2 rings (SSSR count). The van der Waals surface area contributed by atoms with Crippen molar-refractivity contribution in [2.24, 2.45) is 0 Å². The molecular formula is C10H10BrN3O4S. The standard InChI is InChI=1S/C10H10BrN3O4S/c11-6-1-2-7(18-6)13-9(16)12-3-4-14-8(15)5-19-10(14)17/h1-2H,3-5H2,(H2,12,13,16). The van der Waals surface area contributed by atoms with E-state index in [1.807, 2.05) is 0 Å². The molecule has 0 spiro atoms. The number of amides is 4. The number of halogens is 1. The van der Waals surface area contributed by atoms with E-state index in [9.17, 15) is 14.4 Å². The van der Waals surface area contributed by atoms with Gasteiger partial charge in [0.2, 0.25) is 11.8 Å². The molecule has 0 atom stereocenters. The summed E-state index contributed by atoms with van der Waals surface area (Å²) in [7, 11) is 0. The number of furan rings is 1. The maximum Gasteiger partial charge on any atom is 0.321 e. The smallest absolute Gasteiger partial charge is 0.321 e. The molecule has 4 amide bonds. The topological polar surface area (TPSA) is 91.7 Å². The van der Waals surface area contributed by atoms with Crippen LogP contribution in [0.5, 0.6) is 0 Å². The van der Waals surface area contributed by atoms with Gasteiger partial charge in [0.15, 0.2) is 4.67 Å². The molecule has 0 aliphatic carbocycles. The van der Waals surface area contributed by atoms with Crippen LogP contribution >= 0.6 is 27.7 Å². The first-order valence-electron chi connectivity index (χ1n) is 5.33. The molecule has 0 unspecified atom stereocenters. The van der Waals surface area contributed by atoms with Crippen molar-refractivity contribution >= 4 is 50.8 Å². The molecule has 102 valence electrons. The molecule has 1 saturated heterocycles. The lowest BCUT2D eigenvalue weighted by atomic mass is 10.5. The van der Waals surface area contributed by atoms with Crippen LogP contribution < -0.4 is 10.6 Å². The first kappa shape index (κ1) is 13.9. The van der Waals surface area contributed by atoms with Crippen molar-refractivity contribution in [2.75, 3.05) is 24.2 Å². The minimum atomic E-state index is -0.464. The highest BCUT2D eigenvalue weighted by Gasteiger charge is 2.29. The quantitative estimate of drug-likeness (QED) is 0.867. The number of nitrogens with one attached hydrogen (secondary N) is 2. The Bertz CT molecular complexity index is 503. The minimum Gasteiger partial charge on any atom is -0.434 e. The zero-order valence-corrected chi connectivity index (χ0v) is 12.0. The summed E-state index contributed by atoms with van der Waals surface area (Å²) in [4.78, 5) is 35.2. The van der Waals surface area contributed by atoms with Gasteiger partial charge in [-0.25, -0.2) is 4.79 Å². The number of anilines is 1. The summed E-state index contributed by atoms with van der Waals surface area (Å²) in [5.41, 5.74) is 0. The van der Waals surface area contributed by atoms with Crippen LogP contribution in [0.25, 0.3) is 0 Å². The Morgan fingerprint density at radius 3 is 2.84 bits per heavy atom. The molecule has 2 N–H and O–H groups in total. The fourth-order valence-corrected chi connectivity index (χ4v) is 2.47. The van der Waals surface area contributed by atoms with Crippen molar-refractivity contribution in [3.63, 3.8) is 0 Å². The van der Waals surface area contributed by atoms with Gasteiger partial charge in [-0.3, -0.25) is 19.8 Å². The average molecular weight is 348 g/mol. The van der Waals surface area contributed by atoms with Crippen LogP contribution in [0, 0.1) is 0 Å². The molecule has 1 aromatic rings. The number of urea groups is 1. The molecule has 0 aromatic carbocycles. The Kier molecular flexibility index (Phi) is 4.48. The predicted octanol–water partition coefficient (Wildman–Crippen LogP) is 1.86. The van der Waals surface area contributed by atoms with Gasteiger partial charge in [0.1, 0.15) is 0 Å². The van der Waals surface area contributed by atoms with E-state index in [0.29, 0.717) is 10.6 Å². The highest BCUT2D eigenvalue weighted by Crippen LogP contribution is 2.18. The highest BCUT2D eigenvalue weighted by molar-refractivity contribution is 9.10. The van der Waals surface area contributed by atoms with Crippen molar-refractivity contribution < 1.29 is 18.8 Å². The second-order valence-corrected chi connectivity index (χ2v) is 5.29. The van der Waals surface area contributed by atoms with E-state index in [2.05, 4.69) is 26.6 Å². The number of imide groups is 1. The molecule has 1 aliphatic heterocycles. The first-order valence-corrected chi connectivity index (χ1v) is 7.11. The van der Waals surface area contributed by atoms with Crippen molar-refractivity contribution in [3.8, 4) is 0 Å². The number of rotatable bonds is 4. The number of hydrogen-bond donors (Lipinski definition) is 2. The Balaban J connectivity index is 1.72. The largest absolute Gasteiger partial charge is 0.434 e. The van der Waals surface area contributed by atoms with Crippen molar-refractivity contribution in [1.29, 1.82) is 0 Å². The van der Waals surface area contributed by atoms with E-state index >= 15 is 0 Å². The Hall–Kier alpha value is -1.48. The van der Waals surface area contributed by atoms with Crippen LogP contribution in [0.1, 0.15) is 0 Å². The fraction of sp³-hybridized carbons (Fsp3) is 0.300. The fourth-order valence-electron chi connectivity index (χ4n) is 1.42. The third-order valence-electron chi connectivity index (χ3n) is 2.27. The van der Waals surface area contributed by atoms with Crippen molar-refractivity contribution in [3.05, 3.63) is 16.8 Å². The third kappa shape index (κ3) is 3.74. The van der Waals surface area contributed by atoms with E-state index in [0.717, 1.165) is 16.7 Å². The zero-order chi connectivity index (χ0) is 13.8. The maximum absolute atomic E-state index is 11.5. The number of carbonyl (C=O) groups is 3. The van der Waals surface area contributed by atoms with Gasteiger partial charge in [-0.2, -0.15) is 0 Å². The lowest BCUT2D eigenvalue weighted by molar-refractivity contribution is -0.124. The molecule has 2 heterocycles. The average Bonchev–Trinajstić information content (AvgIpc) is 2.89. The van der Waals surface area contributed by atoms with E-state index in [1.54, 1.807) is 12.1 Å². The Morgan fingerprint density at radius 1 is 1.47 bits per heavy atom. The van der Waals surface area contributed by atoms with Crippen molar-refractivity contribution in [2.45, 2.75) is 0 Å². The molecule has 19 heavy (non-hydrogen) atoms. The van der Waals surface area contributed by atoms with Crippen LogP contribution in [0.3, 0.4) is 0 Å². The van der Waals surface area contributed by atoms with Gasteiger partial charge in [0.05, 0.1) is 5.75 Å². The summed E-state index contributed by atoms with van der Waals surface area (Å²) in [6, 6.07) is 2.77. The van der Waals surface area contributed by atoms with E-state index in [1.165, 1.54) is 0 Å². The van der Waals surface area contributed by atoms with Gasteiger partial charge in [-0.15, -0.1) is 0 Å². The van der Waals surface area contributed by atoms with Gasteiger partial charge < -0.3 is 9.73 Å². The summed E-state index contributed by atoms with van der Waals surface area (Å²) in [6.45, 7) is 0.353. The minimum absolute atomic E-state index is 0.167. The summed E-state index contributed by atoms with van der Waals surface area (Å²) in [5.74, 6) is 0.242. The van der Waals surface area contributed by atoms with Crippen LogP contribution in [0.2, 0.25) is 0 Å². The molecule has 1 aromatic heterocycles. The second kappa shape index (κ2) is 6.11. The molecule has 0 saturated carbocycles. The summed E-state index contributed by atoms with van der Waals surface area (Å²) < 4.78 is 5.60. The molecule has 0 radical (unpaired) electrons. The summed E-state index contributed by atoms with van der Waals surface area (Å²) in [5, 5.41) is 4.72. The van der Waals surface area contributed by atoms with Gasteiger partial charge in [-0.1, -0.05) is 11.8 Å². The zero-order valence-electron chi connectivity index (χ0n) is 9.64. The van der Waals surface area contributed by atoms with Crippen LogP contribution in [0.15, 0.2) is 21.2 Å². The van der Waals surface area contributed by atoms with E-state index in [-0.39, 0.29) is 30.0 Å². The lowest BCUT2D eigenvalue weighted by Crippen LogP contribution is -2.38. The Morgan fingerprint density at radius 2 is 2.26 bits per heavy atom. The van der Waals surface area contributed by atoms with Crippen LogP contribution in [-0.2, 0) is 4.79 Å². The lowest BCUT2D eigenvalue weighted by Gasteiger charge is -2.12. The second-order valence-electron chi connectivity index (χ2n) is 3.58. The van der Waals surface area contributed by atoms with E-state index < -0.39 is 6.03 Å². The summed E-state index contributed by atoms with van der Waals surface area (Å²) >= 11 is 4.08. The molecular weight excluding hydrogens is 338 g/mol. The maximum atomic E-state index is 11.5. The number of carbonyl (C=O) groups excluding carboxylic acids is 3. The first-order chi connectivity index (χ1) is 9.06.